The molecule has 0 aliphatic heterocycles. The summed E-state index contributed by atoms with van der Waals surface area (Å²) in [4.78, 5) is 136. The molecule has 24 nitrogen and oxygen atoms in total. The van der Waals surface area contributed by atoms with E-state index in [9.17, 15) is 58.2 Å². The number of thioether (sulfide) groups is 1. The van der Waals surface area contributed by atoms with Gasteiger partial charge in [0.05, 0.1) is 12.1 Å². The summed E-state index contributed by atoms with van der Waals surface area (Å²) < 4.78 is 0. The number of nitrogens with two attached hydrogens (primary N) is 3. The molecule has 0 fully saturated rings. The number of rotatable bonds is 39. The minimum Gasteiger partial charge on any atom is -0.480 e. The highest BCUT2D eigenvalue weighted by Crippen LogP contribution is 2.13. The zero-order valence-electron chi connectivity index (χ0n) is 47.4. The fourth-order valence-corrected chi connectivity index (χ4v) is 8.75. The lowest BCUT2D eigenvalue weighted by Crippen LogP contribution is -2.62. The van der Waals surface area contributed by atoms with Gasteiger partial charge in [-0.25, -0.2) is 4.79 Å². The molecule has 0 saturated heterocycles. The lowest BCUT2D eigenvalue weighted by atomic mass is 9.99. The predicted molar refractivity (Wildman–Crippen MR) is 307 cm³/mol. The van der Waals surface area contributed by atoms with Crippen LogP contribution in [0.2, 0.25) is 0 Å². The largest absolute Gasteiger partial charge is 0.480 e. The predicted octanol–water partition coefficient (Wildman–Crippen LogP) is -0.906. The number of hydrogen-bond donors (Lipinski definition) is 15. The van der Waals surface area contributed by atoms with Gasteiger partial charge in [0.2, 0.25) is 53.2 Å². The Bertz CT molecular complexity index is 2110. The van der Waals surface area contributed by atoms with E-state index in [2.05, 4.69) is 60.5 Å². The second-order valence-electron chi connectivity index (χ2n) is 21.0. The van der Waals surface area contributed by atoms with E-state index in [1.165, 1.54) is 25.6 Å². The van der Waals surface area contributed by atoms with Gasteiger partial charge in [-0.05, 0) is 114 Å². The smallest absolute Gasteiger partial charge is 0.326 e. The van der Waals surface area contributed by atoms with Gasteiger partial charge in [-0.15, -0.1) is 0 Å². The standard InChI is InChI=1S/C53H92N12O12S2/c1-29(2)25-38(48(71)62-40(53(76)77)26-30(3)4)60-49(72)39(27-34-17-11-10-12-18-34)61-50(73)41(28-78)63-46(69)36(20-14-16-23-55)59-47(70)37(21-24-79-9)58-44(67)32(7)57-52(75)43(33(8)66)65-51(74)42(31(5)6)64-45(68)35(56)19-13-15-22-54/h10-12,17-18,29-33,35-43,66,78H,13-16,19-28,54-56H2,1-9H3,(H,57,75)(H,58,67)(H,59,70)(H,60,72)(H,61,73)(H,62,71)(H,63,69)(H,64,68)(H,65,74)(H,76,77)/t32-,33-,35+,36+,37+,38+,39+,40+,41-,42+,43+/m1/s1. The Balaban J connectivity index is 3.35. The summed E-state index contributed by atoms with van der Waals surface area (Å²) in [6.45, 7) is 13.9. The Morgan fingerprint density at radius 3 is 1.48 bits per heavy atom. The average molecular weight is 1150 g/mol. The van der Waals surface area contributed by atoms with Crippen LogP contribution in [-0.4, -0.2) is 167 Å². The number of amides is 9. The van der Waals surface area contributed by atoms with Crippen molar-refractivity contribution in [1.29, 1.82) is 0 Å². The zero-order chi connectivity index (χ0) is 59.9. The van der Waals surface area contributed by atoms with Crippen molar-refractivity contribution in [2.45, 2.75) is 186 Å². The maximum Gasteiger partial charge on any atom is 0.326 e. The first-order valence-electron chi connectivity index (χ1n) is 27.1. The summed E-state index contributed by atoms with van der Waals surface area (Å²) in [5.74, 6) is -8.73. The van der Waals surface area contributed by atoms with E-state index in [4.69, 9.17) is 17.2 Å². The van der Waals surface area contributed by atoms with Crippen molar-refractivity contribution >= 4 is 83.5 Å². The van der Waals surface area contributed by atoms with Gasteiger partial charge >= 0.3 is 5.97 Å². The quantitative estimate of drug-likeness (QED) is 0.0280. The molecule has 0 bridgehead atoms. The molecule has 0 spiro atoms. The number of carbonyl (C=O) groups excluding carboxylic acids is 9. The molecule has 0 aliphatic carbocycles. The van der Waals surface area contributed by atoms with E-state index in [0.29, 0.717) is 50.0 Å². The Labute approximate surface area is 475 Å². The van der Waals surface area contributed by atoms with E-state index in [-0.39, 0.29) is 56.2 Å². The molecule has 448 valence electrons. The number of aliphatic carboxylic acids is 1. The fourth-order valence-electron chi connectivity index (χ4n) is 8.03. The Hall–Kier alpha value is -5.54. The van der Waals surface area contributed by atoms with Gasteiger partial charge in [0.1, 0.15) is 54.4 Å². The first-order valence-corrected chi connectivity index (χ1v) is 29.2. The van der Waals surface area contributed by atoms with Crippen molar-refractivity contribution in [2.24, 2.45) is 35.0 Å². The first-order chi connectivity index (χ1) is 37.2. The summed E-state index contributed by atoms with van der Waals surface area (Å²) in [5.41, 5.74) is 18.0. The van der Waals surface area contributed by atoms with Crippen LogP contribution in [0.5, 0.6) is 0 Å². The number of aliphatic hydroxyl groups is 1. The molecule has 0 heterocycles. The van der Waals surface area contributed by atoms with Crippen LogP contribution in [0.1, 0.15) is 119 Å². The molecule has 79 heavy (non-hydrogen) atoms. The van der Waals surface area contributed by atoms with Crippen molar-refractivity contribution in [1.82, 2.24) is 47.9 Å². The molecule has 1 rings (SSSR count). The second-order valence-corrected chi connectivity index (χ2v) is 22.3. The van der Waals surface area contributed by atoms with Gasteiger partial charge in [-0.1, -0.05) is 78.3 Å². The number of unbranched alkanes of at least 4 members (excludes halogenated alkanes) is 2. The number of carboxylic acids is 1. The van der Waals surface area contributed by atoms with E-state index in [1.807, 2.05) is 27.7 Å². The molecule has 9 amide bonds. The number of carbonyl (C=O) groups is 10. The fraction of sp³-hybridized carbons (Fsp3) is 0.698. The lowest BCUT2D eigenvalue weighted by molar-refractivity contribution is -0.143. The normalized spacial score (nSPS) is 15.6. The topological polar surface area (TPSA) is 397 Å². The van der Waals surface area contributed by atoms with Crippen LogP contribution >= 0.6 is 24.4 Å². The number of aliphatic hydroxyl groups excluding tert-OH is 1. The Morgan fingerprint density at radius 2 is 0.962 bits per heavy atom. The van der Waals surface area contributed by atoms with E-state index in [1.54, 1.807) is 50.4 Å². The van der Waals surface area contributed by atoms with E-state index < -0.39 is 132 Å². The van der Waals surface area contributed by atoms with Crippen LogP contribution in [0.3, 0.4) is 0 Å². The Kier molecular flexibility index (Phi) is 34.5. The number of nitrogens with one attached hydrogen (secondary N) is 9. The van der Waals surface area contributed by atoms with E-state index >= 15 is 0 Å². The molecule has 17 N–H and O–H groups in total. The third-order valence-electron chi connectivity index (χ3n) is 12.6. The second kappa shape index (κ2) is 38.2. The number of hydrogen-bond acceptors (Lipinski definition) is 16. The highest BCUT2D eigenvalue weighted by atomic mass is 32.2. The number of carboxylic acid groups (broad SMARTS) is 1. The van der Waals surface area contributed by atoms with Crippen molar-refractivity contribution in [3.8, 4) is 0 Å². The molecule has 26 heteroatoms. The van der Waals surface area contributed by atoms with Gasteiger partial charge in [0.15, 0.2) is 0 Å². The van der Waals surface area contributed by atoms with Crippen molar-refractivity contribution in [3.05, 3.63) is 35.9 Å². The molecule has 1 aromatic carbocycles. The molecular weight excluding hydrogens is 1060 g/mol. The summed E-state index contributed by atoms with van der Waals surface area (Å²) >= 11 is 5.71. The molecule has 1 aromatic rings. The number of thiol groups is 1. The third-order valence-corrected chi connectivity index (χ3v) is 13.6. The maximum absolute atomic E-state index is 14.1. The van der Waals surface area contributed by atoms with Gasteiger partial charge in [0.25, 0.3) is 0 Å². The van der Waals surface area contributed by atoms with Crippen LogP contribution in [0.25, 0.3) is 0 Å². The van der Waals surface area contributed by atoms with E-state index in [0.717, 1.165) is 0 Å². The van der Waals surface area contributed by atoms with Gasteiger partial charge in [-0.3, -0.25) is 43.2 Å². The molecule has 11 atom stereocenters. The Morgan fingerprint density at radius 1 is 0.519 bits per heavy atom. The van der Waals surface area contributed by atoms with Crippen LogP contribution in [0.4, 0.5) is 0 Å². The van der Waals surface area contributed by atoms with Crippen molar-refractivity contribution < 1.29 is 58.2 Å². The zero-order valence-corrected chi connectivity index (χ0v) is 49.1. The molecule has 0 radical (unpaired) electrons. The molecule has 0 aromatic heterocycles. The minimum atomic E-state index is -1.58. The summed E-state index contributed by atoms with van der Waals surface area (Å²) in [6.07, 6.45) is 3.12. The first kappa shape index (κ1) is 71.5. The molecule has 0 saturated carbocycles. The van der Waals surface area contributed by atoms with Crippen LogP contribution in [0.15, 0.2) is 30.3 Å². The summed E-state index contributed by atoms with van der Waals surface area (Å²) in [6, 6.07) is -3.79. The number of benzene rings is 1. The monoisotopic (exact) mass is 1150 g/mol. The summed E-state index contributed by atoms with van der Waals surface area (Å²) in [7, 11) is 0. The molecular formula is C53H92N12O12S2. The molecule has 0 aliphatic rings. The summed E-state index contributed by atoms with van der Waals surface area (Å²) in [5, 5.41) is 43.8. The van der Waals surface area contributed by atoms with Gasteiger partial charge in [0, 0.05) is 12.2 Å². The highest BCUT2D eigenvalue weighted by molar-refractivity contribution is 7.98. The minimum absolute atomic E-state index is 0.0416. The third kappa shape index (κ3) is 27.5. The average Bonchev–Trinajstić information content (AvgIpc) is 3.38. The maximum atomic E-state index is 14.1. The van der Waals surface area contributed by atoms with Crippen LogP contribution in [0, 0.1) is 17.8 Å². The van der Waals surface area contributed by atoms with Crippen molar-refractivity contribution in [3.63, 3.8) is 0 Å². The lowest BCUT2D eigenvalue weighted by Gasteiger charge is -2.28. The van der Waals surface area contributed by atoms with Gasteiger partial charge in [-0.2, -0.15) is 24.4 Å². The molecule has 0 unspecified atom stereocenters. The van der Waals surface area contributed by atoms with Gasteiger partial charge < -0.3 is 75.3 Å². The van der Waals surface area contributed by atoms with Crippen LogP contribution in [-0.2, 0) is 54.4 Å². The van der Waals surface area contributed by atoms with Crippen LogP contribution < -0.4 is 65.1 Å². The SMILES string of the molecule is CSCC[C@H](NC(=O)[C@@H](C)NC(=O)[C@@H](NC(=O)[C@@H](NC(=O)[C@@H](N)CCCCN)C(C)C)[C@@H](C)O)C(=O)N[C@@H](CCCCN)C(=O)N[C@H](CS)C(=O)N[C@@H](Cc1ccccc1)C(=O)N[C@@H](CC(C)C)C(=O)N[C@@H](CC(C)C)C(=O)O. The van der Waals surface area contributed by atoms with Crippen molar-refractivity contribution in [2.75, 3.05) is 30.9 Å². The highest BCUT2D eigenvalue weighted by Gasteiger charge is 2.36.